The molecule has 0 aliphatic heterocycles. The molecular formula is C37H55N3O4. The van der Waals surface area contributed by atoms with Crippen molar-refractivity contribution >= 4 is 11.7 Å². The molecule has 242 valence electrons. The molecule has 0 heterocycles. The first-order valence-corrected chi connectivity index (χ1v) is 17.1. The van der Waals surface area contributed by atoms with Gasteiger partial charge in [-0.3, -0.25) is 4.79 Å². The van der Waals surface area contributed by atoms with Crippen LogP contribution in [-0.4, -0.2) is 42.2 Å². The Morgan fingerprint density at radius 3 is 2.61 bits per heavy atom. The molecule has 0 amide bonds. The topological polar surface area (TPSA) is 120 Å². The van der Waals surface area contributed by atoms with Gasteiger partial charge in [0.1, 0.15) is 0 Å². The number of phenols is 1. The Bertz CT molecular complexity index is 1230. The largest absolute Gasteiger partial charge is 0.504 e. The first-order valence-electron chi connectivity index (χ1n) is 17.1. The Hall–Kier alpha value is -2.98. The number of ether oxygens (including phenoxy) is 2. The summed E-state index contributed by atoms with van der Waals surface area (Å²) in [5.41, 5.74) is 14.4. The van der Waals surface area contributed by atoms with Crippen molar-refractivity contribution in [2.75, 3.05) is 7.11 Å². The quantitative estimate of drug-likeness (QED) is 0.103. The third-order valence-electron chi connectivity index (χ3n) is 9.77. The number of benzene rings is 1. The normalized spacial score (nSPS) is 25.6. The van der Waals surface area contributed by atoms with E-state index in [-0.39, 0.29) is 47.6 Å². The number of carbonyl (C=O) groups excluding carboxylic acids is 1. The molecule has 0 saturated heterocycles. The maximum absolute atomic E-state index is 12.9. The van der Waals surface area contributed by atoms with E-state index in [1.807, 2.05) is 12.1 Å². The van der Waals surface area contributed by atoms with Gasteiger partial charge in [-0.05, 0) is 112 Å². The zero-order valence-corrected chi connectivity index (χ0v) is 27.4. The van der Waals surface area contributed by atoms with Gasteiger partial charge in [0, 0.05) is 31.1 Å². The number of aliphatic imine (C=N–C) groups is 1. The fraction of sp³-hybridized carbons (Fsp3) is 0.676. The number of carbonyl (C=O) groups is 1. The molecule has 0 aromatic heterocycles. The number of ketones is 1. The van der Waals surface area contributed by atoms with Gasteiger partial charge < -0.3 is 26.0 Å². The van der Waals surface area contributed by atoms with Gasteiger partial charge in [0.15, 0.2) is 23.2 Å². The molecule has 2 saturated carbocycles. The second kappa shape index (κ2) is 16.4. The van der Waals surface area contributed by atoms with Crippen molar-refractivity contribution < 1.29 is 19.4 Å². The van der Waals surface area contributed by atoms with Crippen molar-refractivity contribution in [3.05, 3.63) is 34.9 Å². The van der Waals surface area contributed by atoms with Crippen LogP contribution >= 0.6 is 0 Å². The lowest BCUT2D eigenvalue weighted by Crippen LogP contribution is -2.39. The molecule has 0 unspecified atom stereocenters. The van der Waals surface area contributed by atoms with Crippen LogP contribution in [0.25, 0.3) is 0 Å². The van der Waals surface area contributed by atoms with Gasteiger partial charge in [0.05, 0.1) is 18.2 Å². The molecule has 7 nitrogen and oxygen atoms in total. The SMILES string of the molecule is CCCC=CC(=O)CCc1cc(OC2CCCC2)c(O)c2c1C#CC[C@H](N=C(N)N)CC[C@H]1[C@@H]2[C@@H](CC(C)C)CC[C@H]1OC. The van der Waals surface area contributed by atoms with E-state index in [2.05, 4.69) is 37.6 Å². The summed E-state index contributed by atoms with van der Waals surface area (Å²) in [6, 6.07) is 1.86. The second-order valence-electron chi connectivity index (χ2n) is 13.6. The minimum atomic E-state index is -0.106. The number of fused-ring (bicyclic) bond motifs is 3. The number of guanidine groups is 1. The molecule has 4 rings (SSSR count). The Kier molecular flexibility index (Phi) is 12.6. The van der Waals surface area contributed by atoms with Crippen molar-refractivity contribution in [2.24, 2.45) is 34.2 Å². The number of phenolic OH excluding ortho intramolecular Hbond substituents is 1. The third-order valence-corrected chi connectivity index (χ3v) is 9.77. The monoisotopic (exact) mass is 605 g/mol. The second-order valence-corrected chi connectivity index (χ2v) is 13.6. The van der Waals surface area contributed by atoms with Gasteiger partial charge in [-0.15, -0.1) is 0 Å². The maximum atomic E-state index is 12.9. The molecule has 5 atom stereocenters. The van der Waals surface area contributed by atoms with Gasteiger partial charge in [-0.25, -0.2) is 4.99 Å². The molecule has 1 aromatic carbocycles. The van der Waals surface area contributed by atoms with Crippen molar-refractivity contribution in [1.82, 2.24) is 0 Å². The Labute approximate surface area is 265 Å². The van der Waals surface area contributed by atoms with Crippen molar-refractivity contribution in [1.29, 1.82) is 0 Å². The van der Waals surface area contributed by atoms with Crippen LogP contribution in [0.2, 0.25) is 0 Å². The van der Waals surface area contributed by atoms with E-state index < -0.39 is 0 Å². The highest BCUT2D eigenvalue weighted by atomic mass is 16.5. The van der Waals surface area contributed by atoms with Crippen LogP contribution in [0.15, 0.2) is 23.2 Å². The predicted octanol–water partition coefficient (Wildman–Crippen LogP) is 6.92. The molecule has 0 radical (unpaired) electrons. The van der Waals surface area contributed by atoms with Crippen molar-refractivity contribution in [3.8, 4) is 23.3 Å². The number of nitrogens with zero attached hydrogens (tertiary/aromatic N) is 1. The Balaban J connectivity index is 1.90. The predicted molar refractivity (Wildman–Crippen MR) is 178 cm³/mol. The lowest BCUT2D eigenvalue weighted by atomic mass is 9.62. The van der Waals surface area contributed by atoms with E-state index in [9.17, 15) is 9.90 Å². The third kappa shape index (κ3) is 8.81. The first kappa shape index (κ1) is 33.9. The molecule has 2 fully saturated rings. The van der Waals surface area contributed by atoms with Crippen molar-refractivity contribution in [3.63, 3.8) is 0 Å². The van der Waals surface area contributed by atoms with E-state index in [0.717, 1.165) is 87.3 Å². The molecule has 44 heavy (non-hydrogen) atoms. The summed E-state index contributed by atoms with van der Waals surface area (Å²) in [6.07, 6.45) is 16.1. The number of methoxy groups -OCH3 is 1. The molecular weight excluding hydrogens is 550 g/mol. The number of unbranched alkanes of at least 4 members (excludes halogenated alkanes) is 1. The first-order chi connectivity index (χ1) is 21.2. The lowest BCUT2D eigenvalue weighted by molar-refractivity contribution is -0.114. The van der Waals surface area contributed by atoms with Gasteiger partial charge in [-0.2, -0.15) is 0 Å². The number of aryl methyl sites for hydroxylation is 1. The van der Waals surface area contributed by atoms with Gasteiger partial charge in [0.25, 0.3) is 0 Å². The average molecular weight is 606 g/mol. The van der Waals surface area contributed by atoms with E-state index in [4.69, 9.17) is 20.9 Å². The molecule has 1 aromatic rings. The van der Waals surface area contributed by atoms with Crippen LogP contribution in [0, 0.1) is 29.6 Å². The summed E-state index contributed by atoms with van der Waals surface area (Å²) < 4.78 is 12.7. The zero-order chi connectivity index (χ0) is 31.6. The summed E-state index contributed by atoms with van der Waals surface area (Å²) in [6.45, 7) is 6.65. The summed E-state index contributed by atoms with van der Waals surface area (Å²) in [5, 5.41) is 12.2. The van der Waals surface area contributed by atoms with Gasteiger partial charge in [-0.1, -0.05) is 45.1 Å². The van der Waals surface area contributed by atoms with Crippen LogP contribution in [0.5, 0.6) is 11.5 Å². The van der Waals surface area contributed by atoms with E-state index in [1.165, 1.54) is 0 Å². The Morgan fingerprint density at radius 2 is 1.93 bits per heavy atom. The highest BCUT2D eigenvalue weighted by Crippen LogP contribution is 2.53. The van der Waals surface area contributed by atoms with E-state index >= 15 is 0 Å². The molecule has 0 spiro atoms. The smallest absolute Gasteiger partial charge is 0.186 e. The van der Waals surface area contributed by atoms with Crippen molar-refractivity contribution in [2.45, 2.75) is 135 Å². The van der Waals surface area contributed by atoms with Crippen LogP contribution < -0.4 is 16.2 Å². The number of aromatic hydroxyl groups is 1. The minimum Gasteiger partial charge on any atom is -0.504 e. The number of rotatable bonds is 12. The summed E-state index contributed by atoms with van der Waals surface area (Å²) in [5.74, 6) is 8.88. The molecule has 3 aliphatic rings. The molecule has 0 bridgehead atoms. The summed E-state index contributed by atoms with van der Waals surface area (Å²) in [7, 11) is 1.81. The number of hydrogen-bond acceptors (Lipinski definition) is 5. The lowest BCUT2D eigenvalue weighted by Gasteiger charge is -2.45. The van der Waals surface area contributed by atoms with Gasteiger partial charge >= 0.3 is 0 Å². The van der Waals surface area contributed by atoms with Gasteiger partial charge in [0.2, 0.25) is 0 Å². The van der Waals surface area contributed by atoms with E-state index in [0.29, 0.717) is 36.8 Å². The summed E-state index contributed by atoms with van der Waals surface area (Å²) >= 11 is 0. The Morgan fingerprint density at radius 1 is 1.16 bits per heavy atom. The molecule has 5 N–H and O–H groups in total. The van der Waals surface area contributed by atoms with Crippen LogP contribution in [0.3, 0.4) is 0 Å². The number of hydrogen-bond donors (Lipinski definition) is 3. The fourth-order valence-corrected chi connectivity index (χ4v) is 7.79. The minimum absolute atomic E-state index is 0.0318. The maximum Gasteiger partial charge on any atom is 0.186 e. The van der Waals surface area contributed by atoms with E-state index in [1.54, 1.807) is 13.2 Å². The molecule has 7 heteroatoms. The van der Waals surface area contributed by atoms with Crippen LogP contribution in [0.4, 0.5) is 0 Å². The summed E-state index contributed by atoms with van der Waals surface area (Å²) in [4.78, 5) is 17.4. The van der Waals surface area contributed by atoms with Crippen LogP contribution in [0.1, 0.15) is 127 Å². The highest BCUT2D eigenvalue weighted by Gasteiger charge is 2.44. The number of allylic oxidation sites excluding steroid dienone is 2. The average Bonchev–Trinajstić information content (AvgIpc) is 3.49. The fourth-order valence-electron chi connectivity index (χ4n) is 7.79. The molecule has 3 aliphatic carbocycles. The highest BCUT2D eigenvalue weighted by molar-refractivity contribution is 5.89. The number of nitrogens with two attached hydrogens (primary N) is 2. The standard InChI is InChI=1S/C37H55N3O4/c1-5-6-7-12-28(41)19-16-25-23-33(44-29-13-8-9-14-29)36(42)35-30(25)15-10-11-27(40-37(38)39)18-20-31-32(43-4)21-17-26(34(31)35)22-24(2)3/h7,12,23-24,26-27,29,31-32,34,42H,5-6,8-9,11,13-14,16-22H2,1-4H3,(H4,38,39,40)/t26-,27+,31-,32-,34+/m1/s1. The van der Waals surface area contributed by atoms with Crippen LogP contribution in [-0.2, 0) is 16.0 Å². The zero-order valence-electron chi connectivity index (χ0n) is 27.4.